The van der Waals surface area contributed by atoms with Crippen LogP contribution in [-0.2, 0) is 14.3 Å². The maximum Gasteiger partial charge on any atom is 0.308 e. The summed E-state index contributed by atoms with van der Waals surface area (Å²) in [6.07, 6.45) is 5.35. The Hall–Kier alpha value is -0.610. The molecule has 122 valence electrons. The number of carbonyl (C=O) groups excluding carboxylic acids is 1. The first kappa shape index (κ1) is 16.8. The van der Waals surface area contributed by atoms with E-state index in [1.54, 1.807) is 0 Å². The van der Waals surface area contributed by atoms with Gasteiger partial charge in [0.05, 0.1) is 25.7 Å². The molecule has 1 saturated carbocycles. The zero-order chi connectivity index (χ0) is 15.1. The Bertz CT molecular complexity index is 305. The molecule has 4 heteroatoms. The van der Waals surface area contributed by atoms with E-state index in [4.69, 9.17) is 9.47 Å². The lowest BCUT2D eigenvalue weighted by Gasteiger charge is -2.29. The van der Waals surface area contributed by atoms with E-state index in [0.29, 0.717) is 6.61 Å². The van der Waals surface area contributed by atoms with Crippen LogP contribution in [0.2, 0.25) is 0 Å². The van der Waals surface area contributed by atoms with Crippen LogP contribution in [0.5, 0.6) is 0 Å². The van der Waals surface area contributed by atoms with Crippen LogP contribution in [0.25, 0.3) is 0 Å². The van der Waals surface area contributed by atoms with Gasteiger partial charge in [-0.25, -0.2) is 0 Å². The molecule has 1 aliphatic carbocycles. The van der Waals surface area contributed by atoms with Gasteiger partial charge >= 0.3 is 5.97 Å². The maximum absolute atomic E-state index is 12.1. The number of ether oxygens (including phenoxy) is 2. The second-order valence-electron chi connectivity index (χ2n) is 6.83. The lowest BCUT2D eigenvalue weighted by atomic mass is 9.77. The molecule has 1 saturated heterocycles. The van der Waals surface area contributed by atoms with E-state index in [2.05, 4.69) is 18.7 Å². The fourth-order valence-electron chi connectivity index (χ4n) is 3.43. The Morgan fingerprint density at radius 2 is 1.86 bits per heavy atom. The van der Waals surface area contributed by atoms with Crippen LogP contribution in [-0.4, -0.2) is 50.3 Å². The summed E-state index contributed by atoms with van der Waals surface area (Å²) in [6, 6.07) is 0. The molecule has 0 spiro atoms. The van der Waals surface area contributed by atoms with E-state index < -0.39 is 0 Å². The molecule has 0 unspecified atom stereocenters. The highest BCUT2D eigenvalue weighted by Gasteiger charge is 2.28. The molecule has 0 atom stereocenters. The van der Waals surface area contributed by atoms with Crippen LogP contribution in [0.1, 0.15) is 46.0 Å². The van der Waals surface area contributed by atoms with Crippen molar-refractivity contribution in [3.05, 3.63) is 0 Å². The van der Waals surface area contributed by atoms with Gasteiger partial charge in [0.2, 0.25) is 0 Å². The summed E-state index contributed by atoms with van der Waals surface area (Å²) in [4.78, 5) is 14.5. The number of hydrogen-bond acceptors (Lipinski definition) is 4. The predicted molar refractivity (Wildman–Crippen MR) is 83.1 cm³/mol. The van der Waals surface area contributed by atoms with Gasteiger partial charge in [0.25, 0.3) is 0 Å². The van der Waals surface area contributed by atoms with E-state index in [9.17, 15) is 4.79 Å². The van der Waals surface area contributed by atoms with Crippen molar-refractivity contribution in [1.29, 1.82) is 0 Å². The molecule has 0 aromatic heterocycles. The largest absolute Gasteiger partial charge is 0.465 e. The Morgan fingerprint density at radius 3 is 2.48 bits per heavy atom. The Balaban J connectivity index is 1.55. The van der Waals surface area contributed by atoms with Crippen LogP contribution < -0.4 is 0 Å². The second-order valence-corrected chi connectivity index (χ2v) is 6.83. The van der Waals surface area contributed by atoms with Crippen LogP contribution in [0.15, 0.2) is 0 Å². The van der Waals surface area contributed by atoms with Gasteiger partial charge < -0.3 is 9.47 Å². The van der Waals surface area contributed by atoms with Gasteiger partial charge in [-0.3, -0.25) is 9.69 Å². The lowest BCUT2D eigenvalue weighted by molar-refractivity contribution is -0.150. The molecule has 2 fully saturated rings. The highest BCUT2D eigenvalue weighted by molar-refractivity contribution is 5.72. The standard InChI is InChI=1S/C17H31NO3/c1-14(2)15-4-6-16(7-5-15)17(19)21-11-3-8-18-9-12-20-13-10-18/h14-16H,3-13H2,1-2H3. The zero-order valence-corrected chi connectivity index (χ0v) is 13.7. The van der Waals surface area contributed by atoms with Crippen molar-refractivity contribution in [3.8, 4) is 0 Å². The molecule has 2 rings (SSSR count). The predicted octanol–water partition coefficient (Wildman–Crippen LogP) is 2.71. The Morgan fingerprint density at radius 1 is 1.19 bits per heavy atom. The summed E-state index contributed by atoms with van der Waals surface area (Å²) in [5.41, 5.74) is 0. The molecule has 2 aliphatic rings. The van der Waals surface area contributed by atoms with Crippen LogP contribution in [0, 0.1) is 17.8 Å². The highest BCUT2D eigenvalue weighted by atomic mass is 16.5. The molecule has 0 radical (unpaired) electrons. The minimum atomic E-state index is 0.0409. The molecule has 1 aliphatic heterocycles. The quantitative estimate of drug-likeness (QED) is 0.558. The third-order valence-electron chi connectivity index (χ3n) is 5.01. The fraction of sp³-hybridized carbons (Fsp3) is 0.941. The molecule has 0 amide bonds. The van der Waals surface area contributed by atoms with Gasteiger partial charge in [0.15, 0.2) is 0 Å². The van der Waals surface area contributed by atoms with Gasteiger partial charge in [-0.2, -0.15) is 0 Å². The molecule has 21 heavy (non-hydrogen) atoms. The van der Waals surface area contributed by atoms with Gasteiger partial charge in [0.1, 0.15) is 0 Å². The van der Waals surface area contributed by atoms with E-state index in [1.165, 1.54) is 12.8 Å². The minimum Gasteiger partial charge on any atom is -0.465 e. The van der Waals surface area contributed by atoms with E-state index in [-0.39, 0.29) is 11.9 Å². The number of carbonyl (C=O) groups is 1. The average Bonchev–Trinajstić information content (AvgIpc) is 2.52. The van der Waals surface area contributed by atoms with Gasteiger partial charge in [-0.1, -0.05) is 13.8 Å². The lowest BCUT2D eigenvalue weighted by Crippen LogP contribution is -2.37. The van der Waals surface area contributed by atoms with E-state index >= 15 is 0 Å². The molecular weight excluding hydrogens is 266 g/mol. The molecule has 1 heterocycles. The normalized spacial score (nSPS) is 27.8. The van der Waals surface area contributed by atoms with E-state index in [1.807, 2.05) is 0 Å². The molecule has 0 aromatic carbocycles. The van der Waals surface area contributed by atoms with Gasteiger partial charge in [-0.05, 0) is 43.9 Å². The summed E-state index contributed by atoms with van der Waals surface area (Å²) in [7, 11) is 0. The topological polar surface area (TPSA) is 38.8 Å². The Kier molecular flexibility index (Phi) is 6.97. The van der Waals surface area contributed by atoms with Crippen molar-refractivity contribution in [2.24, 2.45) is 17.8 Å². The van der Waals surface area contributed by atoms with Crippen molar-refractivity contribution in [2.75, 3.05) is 39.5 Å². The van der Waals surface area contributed by atoms with Crippen molar-refractivity contribution in [2.45, 2.75) is 46.0 Å². The first-order valence-corrected chi connectivity index (χ1v) is 8.63. The van der Waals surface area contributed by atoms with Crippen LogP contribution >= 0.6 is 0 Å². The van der Waals surface area contributed by atoms with Crippen molar-refractivity contribution in [3.63, 3.8) is 0 Å². The zero-order valence-electron chi connectivity index (χ0n) is 13.7. The van der Waals surface area contributed by atoms with Crippen molar-refractivity contribution < 1.29 is 14.3 Å². The fourth-order valence-corrected chi connectivity index (χ4v) is 3.43. The van der Waals surface area contributed by atoms with E-state index in [0.717, 1.165) is 63.9 Å². The number of nitrogens with zero attached hydrogens (tertiary/aromatic N) is 1. The number of esters is 1. The minimum absolute atomic E-state index is 0.0409. The molecule has 0 N–H and O–H groups in total. The number of morpholine rings is 1. The average molecular weight is 297 g/mol. The monoisotopic (exact) mass is 297 g/mol. The first-order chi connectivity index (χ1) is 10.2. The highest BCUT2D eigenvalue weighted by Crippen LogP contribution is 2.33. The van der Waals surface area contributed by atoms with Gasteiger partial charge in [-0.15, -0.1) is 0 Å². The summed E-state index contributed by atoms with van der Waals surface area (Å²) < 4.78 is 10.8. The van der Waals surface area contributed by atoms with Crippen molar-refractivity contribution in [1.82, 2.24) is 4.90 Å². The summed E-state index contributed by atoms with van der Waals surface area (Å²) >= 11 is 0. The Labute approximate surface area is 129 Å². The third-order valence-corrected chi connectivity index (χ3v) is 5.01. The summed E-state index contributed by atoms with van der Waals surface area (Å²) in [5, 5.41) is 0. The second kappa shape index (κ2) is 8.74. The van der Waals surface area contributed by atoms with Crippen LogP contribution in [0.4, 0.5) is 0 Å². The third kappa shape index (κ3) is 5.59. The summed E-state index contributed by atoms with van der Waals surface area (Å²) in [5.74, 6) is 1.74. The molecule has 0 aromatic rings. The number of hydrogen-bond donors (Lipinski definition) is 0. The molecular formula is C17H31NO3. The molecule has 0 bridgehead atoms. The van der Waals surface area contributed by atoms with Crippen molar-refractivity contribution >= 4 is 5.97 Å². The molecule has 4 nitrogen and oxygen atoms in total. The smallest absolute Gasteiger partial charge is 0.308 e. The maximum atomic E-state index is 12.1. The van der Waals surface area contributed by atoms with Gasteiger partial charge in [0, 0.05) is 19.6 Å². The number of rotatable bonds is 6. The summed E-state index contributed by atoms with van der Waals surface area (Å²) in [6.45, 7) is 9.83. The van der Waals surface area contributed by atoms with Crippen LogP contribution in [0.3, 0.4) is 0 Å². The first-order valence-electron chi connectivity index (χ1n) is 8.63. The SMILES string of the molecule is CC(C)C1CCC(C(=O)OCCCN2CCOCC2)CC1.